The van der Waals surface area contributed by atoms with Crippen LogP contribution in [-0.2, 0) is 4.79 Å². The summed E-state index contributed by atoms with van der Waals surface area (Å²) in [6, 6.07) is 0. The molecule has 0 bridgehead atoms. The van der Waals surface area contributed by atoms with Gasteiger partial charge in [0.2, 0.25) is 0 Å². The highest BCUT2D eigenvalue weighted by atomic mass is 16.5. The summed E-state index contributed by atoms with van der Waals surface area (Å²) in [4.78, 5) is 13.4. The van der Waals surface area contributed by atoms with Crippen LogP contribution < -0.4 is 0 Å². The molecule has 0 saturated heterocycles. The van der Waals surface area contributed by atoms with Gasteiger partial charge >= 0.3 is 0 Å². The fourth-order valence-corrected chi connectivity index (χ4v) is 1.53. The maximum atomic E-state index is 11.4. The number of hydrogen-bond acceptors (Lipinski definition) is 3. The first-order chi connectivity index (χ1) is 6.82. The molecule has 15 heavy (non-hydrogen) atoms. The molecule has 0 saturated carbocycles. The number of amides is 1. The number of hydroxylamine groups is 2. The maximum Gasteiger partial charge on any atom is 0.259 e. The topological polar surface area (TPSA) is 43.8 Å². The zero-order chi connectivity index (χ0) is 12.0. The molecule has 0 aliphatic rings. The lowest BCUT2D eigenvalue weighted by Gasteiger charge is -2.26. The van der Waals surface area contributed by atoms with Crippen LogP contribution in [0.1, 0.15) is 27.7 Å². The number of rotatable bonds is 6. The zero-order valence-corrected chi connectivity index (χ0v) is 10.5. The summed E-state index contributed by atoms with van der Waals surface area (Å²) < 4.78 is 0. The Hall–Kier alpha value is -0.610. The van der Waals surface area contributed by atoms with Crippen molar-refractivity contribution in [3.63, 3.8) is 0 Å². The molecule has 90 valence electrons. The van der Waals surface area contributed by atoms with Gasteiger partial charge in [0.15, 0.2) is 0 Å². The fourth-order valence-electron chi connectivity index (χ4n) is 1.53. The molecule has 0 heterocycles. The molecule has 0 aromatic heterocycles. The number of nitrogens with zero attached hydrogens (tertiary/aromatic N) is 2. The van der Waals surface area contributed by atoms with E-state index in [2.05, 4.69) is 32.6 Å². The fraction of sp³-hybridized carbons (Fsp3) is 0.909. The molecule has 0 spiro atoms. The van der Waals surface area contributed by atoms with E-state index in [0.29, 0.717) is 23.4 Å². The largest absolute Gasteiger partial charge is 0.294 e. The van der Waals surface area contributed by atoms with Gasteiger partial charge in [0.25, 0.3) is 5.91 Å². The van der Waals surface area contributed by atoms with Gasteiger partial charge in [0.1, 0.15) is 0 Å². The summed E-state index contributed by atoms with van der Waals surface area (Å²) in [5.41, 5.74) is 0. The third kappa shape index (κ3) is 7.33. The predicted octanol–water partition coefficient (Wildman–Crippen LogP) is 1.45. The Morgan fingerprint density at radius 3 is 1.80 bits per heavy atom. The highest BCUT2D eigenvalue weighted by Gasteiger charge is 2.15. The van der Waals surface area contributed by atoms with E-state index in [9.17, 15) is 4.79 Å². The van der Waals surface area contributed by atoms with Crippen molar-refractivity contribution in [1.82, 2.24) is 9.96 Å². The van der Waals surface area contributed by atoms with Gasteiger partial charge in [-0.2, -0.15) is 0 Å². The molecule has 0 unspecified atom stereocenters. The summed E-state index contributed by atoms with van der Waals surface area (Å²) in [6.07, 6.45) is 0. The first kappa shape index (κ1) is 14.4. The summed E-state index contributed by atoms with van der Waals surface area (Å²) in [7, 11) is 1.37. The van der Waals surface area contributed by atoms with E-state index in [1.807, 2.05) is 0 Å². The average Bonchev–Trinajstić information content (AvgIpc) is 2.00. The van der Waals surface area contributed by atoms with E-state index >= 15 is 0 Å². The number of carbonyl (C=O) groups excluding carboxylic acids is 1. The third-order valence-electron chi connectivity index (χ3n) is 1.97. The van der Waals surface area contributed by atoms with Crippen molar-refractivity contribution >= 4 is 5.91 Å². The van der Waals surface area contributed by atoms with Crippen molar-refractivity contribution in [3.8, 4) is 0 Å². The van der Waals surface area contributed by atoms with Crippen LogP contribution in [0.3, 0.4) is 0 Å². The molecule has 0 aromatic rings. The van der Waals surface area contributed by atoms with Crippen LogP contribution in [-0.4, -0.2) is 47.8 Å². The normalized spacial score (nSPS) is 11.5. The Balaban J connectivity index is 4.17. The molecular formula is C11H24N2O2. The first-order valence-corrected chi connectivity index (χ1v) is 5.50. The maximum absolute atomic E-state index is 11.4. The van der Waals surface area contributed by atoms with Crippen molar-refractivity contribution in [1.29, 1.82) is 0 Å². The molecule has 0 atom stereocenters. The van der Waals surface area contributed by atoms with Gasteiger partial charge in [-0.3, -0.25) is 14.9 Å². The smallest absolute Gasteiger partial charge is 0.259 e. The SMILES string of the molecule is CC(C)CN(CC(=O)N(C)O)CC(C)C. The monoisotopic (exact) mass is 216 g/mol. The van der Waals surface area contributed by atoms with E-state index in [0.717, 1.165) is 13.1 Å². The van der Waals surface area contributed by atoms with Gasteiger partial charge in [-0.25, -0.2) is 5.06 Å². The highest BCUT2D eigenvalue weighted by molar-refractivity contribution is 5.76. The second-order valence-corrected chi connectivity index (χ2v) is 4.90. The second-order valence-electron chi connectivity index (χ2n) is 4.90. The lowest BCUT2D eigenvalue weighted by molar-refractivity contribution is -0.160. The van der Waals surface area contributed by atoms with Crippen LogP contribution in [0, 0.1) is 11.8 Å². The van der Waals surface area contributed by atoms with Crippen molar-refractivity contribution < 1.29 is 10.0 Å². The molecule has 0 radical (unpaired) electrons. The van der Waals surface area contributed by atoms with Gasteiger partial charge < -0.3 is 0 Å². The van der Waals surface area contributed by atoms with Crippen molar-refractivity contribution in [2.45, 2.75) is 27.7 Å². The van der Waals surface area contributed by atoms with Gasteiger partial charge in [-0.1, -0.05) is 27.7 Å². The van der Waals surface area contributed by atoms with Gasteiger partial charge in [0, 0.05) is 20.1 Å². The quantitative estimate of drug-likeness (QED) is 0.540. The van der Waals surface area contributed by atoms with E-state index in [-0.39, 0.29) is 5.91 Å². The molecule has 0 aliphatic heterocycles. The summed E-state index contributed by atoms with van der Waals surface area (Å²) >= 11 is 0. The lowest BCUT2D eigenvalue weighted by Crippen LogP contribution is -2.40. The number of likely N-dealkylation sites (N-methyl/N-ethyl adjacent to an activating group) is 1. The van der Waals surface area contributed by atoms with Crippen LogP contribution in [0.2, 0.25) is 0 Å². The van der Waals surface area contributed by atoms with Crippen LogP contribution in [0.4, 0.5) is 0 Å². The Labute approximate surface area is 92.8 Å². The van der Waals surface area contributed by atoms with Crippen molar-refractivity contribution in [2.75, 3.05) is 26.7 Å². The Morgan fingerprint density at radius 1 is 1.13 bits per heavy atom. The predicted molar refractivity (Wildman–Crippen MR) is 60.7 cm³/mol. The summed E-state index contributed by atoms with van der Waals surface area (Å²) in [6.45, 7) is 10.6. The summed E-state index contributed by atoms with van der Waals surface area (Å²) in [5.74, 6) is 0.803. The second kappa shape index (κ2) is 6.80. The molecule has 1 N–H and O–H groups in total. The molecular weight excluding hydrogens is 192 g/mol. The lowest BCUT2D eigenvalue weighted by atomic mass is 10.1. The number of hydrogen-bond donors (Lipinski definition) is 1. The number of carbonyl (C=O) groups is 1. The molecule has 4 nitrogen and oxygen atoms in total. The molecule has 0 aliphatic carbocycles. The first-order valence-electron chi connectivity index (χ1n) is 5.50. The van der Waals surface area contributed by atoms with Crippen LogP contribution >= 0.6 is 0 Å². The molecule has 4 heteroatoms. The van der Waals surface area contributed by atoms with Crippen molar-refractivity contribution in [3.05, 3.63) is 0 Å². The van der Waals surface area contributed by atoms with Gasteiger partial charge in [-0.05, 0) is 11.8 Å². The van der Waals surface area contributed by atoms with Crippen LogP contribution in [0.15, 0.2) is 0 Å². The van der Waals surface area contributed by atoms with Crippen LogP contribution in [0.25, 0.3) is 0 Å². The summed E-state index contributed by atoms with van der Waals surface area (Å²) in [5, 5.41) is 9.66. The third-order valence-corrected chi connectivity index (χ3v) is 1.97. The standard InChI is InChI=1S/C11H24N2O2/c1-9(2)6-13(7-10(3)4)8-11(14)12(5)15/h9-10,15H,6-8H2,1-5H3. The zero-order valence-electron chi connectivity index (χ0n) is 10.5. The Morgan fingerprint density at radius 2 is 1.53 bits per heavy atom. The minimum Gasteiger partial charge on any atom is -0.294 e. The van der Waals surface area contributed by atoms with Crippen molar-refractivity contribution in [2.24, 2.45) is 11.8 Å². The Bertz CT molecular complexity index is 181. The van der Waals surface area contributed by atoms with Crippen LogP contribution in [0.5, 0.6) is 0 Å². The minimum atomic E-state index is -0.253. The van der Waals surface area contributed by atoms with E-state index in [1.165, 1.54) is 7.05 Å². The molecule has 0 rings (SSSR count). The van der Waals surface area contributed by atoms with E-state index < -0.39 is 0 Å². The molecule has 1 amide bonds. The van der Waals surface area contributed by atoms with Gasteiger partial charge in [0.05, 0.1) is 6.54 Å². The van der Waals surface area contributed by atoms with E-state index in [1.54, 1.807) is 0 Å². The van der Waals surface area contributed by atoms with E-state index in [4.69, 9.17) is 5.21 Å². The highest BCUT2D eigenvalue weighted by Crippen LogP contribution is 2.03. The molecule has 0 fully saturated rings. The van der Waals surface area contributed by atoms with Gasteiger partial charge in [-0.15, -0.1) is 0 Å². The average molecular weight is 216 g/mol. The minimum absolute atomic E-state index is 0.253. The Kier molecular flexibility index (Phi) is 6.52. The molecule has 0 aromatic carbocycles.